The highest BCUT2D eigenvalue weighted by Gasteiger charge is 2.34. The van der Waals surface area contributed by atoms with Crippen LogP contribution in [0.4, 0.5) is 32.0 Å². The zero-order chi connectivity index (χ0) is 23.5. The number of carbonyl (C=O) groups excluding carboxylic acids is 2. The van der Waals surface area contributed by atoms with Gasteiger partial charge in [0.2, 0.25) is 0 Å². The molecule has 0 saturated carbocycles. The van der Waals surface area contributed by atoms with Crippen LogP contribution in [0, 0.1) is 0 Å². The Kier molecular flexibility index (Phi) is 6.18. The van der Waals surface area contributed by atoms with E-state index in [1.165, 1.54) is 30.3 Å². The molecule has 0 bridgehead atoms. The maximum atomic E-state index is 13.2. The number of halogens is 6. The fraction of sp³-hybridized carbons (Fsp3) is 0.158. The first-order chi connectivity index (χ1) is 14.9. The van der Waals surface area contributed by atoms with Gasteiger partial charge in [0.05, 0.1) is 17.4 Å². The van der Waals surface area contributed by atoms with Crippen molar-refractivity contribution in [2.24, 2.45) is 0 Å². The van der Waals surface area contributed by atoms with Gasteiger partial charge in [0.1, 0.15) is 6.54 Å². The molecular formula is C19H13F6N5O2. The zero-order valence-corrected chi connectivity index (χ0v) is 15.8. The molecule has 0 saturated heterocycles. The normalized spacial score (nSPS) is 11.8. The maximum Gasteiger partial charge on any atom is 0.418 e. The van der Waals surface area contributed by atoms with Crippen LogP contribution in [-0.2, 0) is 6.18 Å². The minimum atomic E-state index is -4.65. The topological polar surface area (TPSA) is 88.9 Å². The number of anilines is 1. The molecule has 3 rings (SSSR count). The van der Waals surface area contributed by atoms with Gasteiger partial charge in [-0.05, 0) is 30.3 Å². The third-order valence-electron chi connectivity index (χ3n) is 4.01. The molecule has 0 aliphatic heterocycles. The minimum absolute atomic E-state index is 0.0555. The first-order valence-corrected chi connectivity index (χ1v) is 8.79. The largest absolute Gasteiger partial charge is 0.418 e. The van der Waals surface area contributed by atoms with E-state index in [0.29, 0.717) is 0 Å². The summed E-state index contributed by atoms with van der Waals surface area (Å²) in [5.41, 5.74) is -1.73. The summed E-state index contributed by atoms with van der Waals surface area (Å²) < 4.78 is 77.0. The lowest BCUT2D eigenvalue weighted by Crippen LogP contribution is -2.33. The van der Waals surface area contributed by atoms with Crippen LogP contribution in [0.1, 0.15) is 26.4 Å². The summed E-state index contributed by atoms with van der Waals surface area (Å²) in [6.45, 7) is -1.52. The highest BCUT2D eigenvalue weighted by Crippen LogP contribution is 2.33. The number of rotatable bonds is 5. The molecule has 2 amide bonds. The minimum Gasteiger partial charge on any atom is -0.343 e. The third-order valence-corrected chi connectivity index (χ3v) is 4.01. The first kappa shape index (κ1) is 22.8. The molecule has 3 aromatic rings. The number of benzene rings is 2. The Morgan fingerprint density at radius 3 is 2.34 bits per heavy atom. The second-order valence-corrected chi connectivity index (χ2v) is 6.40. The van der Waals surface area contributed by atoms with E-state index in [2.05, 4.69) is 15.6 Å². The number of alkyl halides is 6. The summed E-state index contributed by atoms with van der Waals surface area (Å²) in [7, 11) is 0. The van der Waals surface area contributed by atoms with Gasteiger partial charge in [-0.25, -0.2) is 4.68 Å². The predicted octanol–water partition coefficient (Wildman–Crippen LogP) is 3.83. The summed E-state index contributed by atoms with van der Waals surface area (Å²) in [6, 6.07) is 9.64. The fourth-order valence-electron chi connectivity index (χ4n) is 2.61. The molecule has 168 valence electrons. The van der Waals surface area contributed by atoms with Gasteiger partial charge in [-0.3, -0.25) is 9.59 Å². The molecular weight excluding hydrogens is 444 g/mol. The summed E-state index contributed by atoms with van der Waals surface area (Å²) in [5.74, 6) is -1.86. The summed E-state index contributed by atoms with van der Waals surface area (Å²) >= 11 is 0. The number of aromatic nitrogens is 3. The van der Waals surface area contributed by atoms with Crippen LogP contribution in [0.2, 0.25) is 0 Å². The molecule has 0 unspecified atom stereocenters. The highest BCUT2D eigenvalue weighted by molar-refractivity contribution is 6.03. The summed E-state index contributed by atoms with van der Waals surface area (Å²) in [6.07, 6.45) is -8.25. The lowest BCUT2D eigenvalue weighted by atomic mass is 10.1. The van der Waals surface area contributed by atoms with Crippen molar-refractivity contribution >= 4 is 17.5 Å². The molecule has 0 aliphatic carbocycles. The van der Waals surface area contributed by atoms with Gasteiger partial charge in [0.25, 0.3) is 11.8 Å². The van der Waals surface area contributed by atoms with Crippen molar-refractivity contribution in [2.75, 3.05) is 11.9 Å². The van der Waals surface area contributed by atoms with Crippen molar-refractivity contribution in [1.82, 2.24) is 20.3 Å². The molecule has 13 heteroatoms. The van der Waals surface area contributed by atoms with Crippen molar-refractivity contribution in [3.05, 3.63) is 71.5 Å². The van der Waals surface area contributed by atoms with Crippen molar-refractivity contribution < 1.29 is 35.9 Å². The van der Waals surface area contributed by atoms with E-state index in [1.807, 2.05) is 0 Å². The Labute approximate surface area is 176 Å². The predicted molar refractivity (Wildman–Crippen MR) is 99.1 cm³/mol. The molecule has 2 aromatic carbocycles. The molecule has 0 spiro atoms. The van der Waals surface area contributed by atoms with Crippen LogP contribution in [0.25, 0.3) is 5.69 Å². The molecule has 0 radical (unpaired) electrons. The van der Waals surface area contributed by atoms with Crippen LogP contribution in [0.5, 0.6) is 0 Å². The SMILES string of the molecule is O=C(NCC(F)(F)F)c1cccc(NC(=O)c2cn(-c3ccccc3C(F)(F)F)nn2)c1. The van der Waals surface area contributed by atoms with Crippen molar-refractivity contribution in [2.45, 2.75) is 12.4 Å². The second kappa shape index (κ2) is 8.69. The monoisotopic (exact) mass is 457 g/mol. The van der Waals surface area contributed by atoms with E-state index < -0.39 is 36.3 Å². The smallest absolute Gasteiger partial charge is 0.343 e. The average Bonchev–Trinajstić information content (AvgIpc) is 3.21. The summed E-state index contributed by atoms with van der Waals surface area (Å²) in [4.78, 5) is 24.2. The maximum absolute atomic E-state index is 13.2. The van der Waals surface area contributed by atoms with Crippen LogP contribution in [0.15, 0.2) is 54.7 Å². The van der Waals surface area contributed by atoms with E-state index in [1.54, 1.807) is 5.32 Å². The van der Waals surface area contributed by atoms with E-state index in [9.17, 15) is 35.9 Å². The van der Waals surface area contributed by atoms with Crippen LogP contribution < -0.4 is 10.6 Å². The first-order valence-electron chi connectivity index (χ1n) is 8.79. The number of para-hydroxylation sites is 1. The lowest BCUT2D eigenvalue weighted by Gasteiger charge is -2.11. The zero-order valence-electron chi connectivity index (χ0n) is 15.8. The molecule has 1 aromatic heterocycles. The van der Waals surface area contributed by atoms with Crippen molar-refractivity contribution in [3.8, 4) is 5.69 Å². The van der Waals surface area contributed by atoms with Gasteiger partial charge in [-0.1, -0.05) is 23.4 Å². The number of amides is 2. The number of hydrogen-bond acceptors (Lipinski definition) is 4. The summed E-state index contributed by atoms with van der Waals surface area (Å²) in [5, 5.41) is 11.2. The number of nitrogens with zero attached hydrogens (tertiary/aromatic N) is 3. The van der Waals surface area contributed by atoms with E-state index in [-0.39, 0.29) is 22.6 Å². The molecule has 1 heterocycles. The van der Waals surface area contributed by atoms with E-state index in [0.717, 1.165) is 29.1 Å². The Morgan fingerprint density at radius 2 is 1.66 bits per heavy atom. The highest BCUT2D eigenvalue weighted by atomic mass is 19.4. The Bertz CT molecular complexity index is 1140. The molecule has 0 fully saturated rings. The number of hydrogen-bond donors (Lipinski definition) is 2. The Morgan fingerprint density at radius 1 is 0.938 bits per heavy atom. The standard InChI is InChI=1S/C19H13F6N5O2/c20-18(21,22)10-26-16(31)11-4-3-5-12(8-11)27-17(32)14-9-30(29-28-14)15-7-2-1-6-13(15)19(23,24)25/h1-9H,10H2,(H,26,31)(H,27,32). The van der Waals surface area contributed by atoms with Gasteiger partial charge in [0, 0.05) is 11.3 Å². The van der Waals surface area contributed by atoms with E-state index in [4.69, 9.17) is 0 Å². The molecule has 0 aliphatic rings. The lowest BCUT2D eigenvalue weighted by molar-refractivity contribution is -0.137. The fourth-order valence-corrected chi connectivity index (χ4v) is 2.61. The molecule has 0 atom stereocenters. The third kappa shape index (κ3) is 5.62. The van der Waals surface area contributed by atoms with Crippen LogP contribution in [-0.4, -0.2) is 39.5 Å². The Hall–Kier alpha value is -3.90. The average molecular weight is 457 g/mol. The molecule has 32 heavy (non-hydrogen) atoms. The Balaban J connectivity index is 1.75. The second-order valence-electron chi connectivity index (χ2n) is 6.40. The van der Waals surface area contributed by atoms with Gasteiger partial charge < -0.3 is 10.6 Å². The van der Waals surface area contributed by atoms with Gasteiger partial charge in [-0.2, -0.15) is 26.3 Å². The van der Waals surface area contributed by atoms with Gasteiger partial charge >= 0.3 is 12.4 Å². The van der Waals surface area contributed by atoms with Gasteiger partial charge in [-0.15, -0.1) is 5.10 Å². The quantitative estimate of drug-likeness (QED) is 0.570. The van der Waals surface area contributed by atoms with E-state index >= 15 is 0 Å². The van der Waals surface area contributed by atoms with Crippen molar-refractivity contribution in [3.63, 3.8) is 0 Å². The molecule has 2 N–H and O–H groups in total. The van der Waals surface area contributed by atoms with Crippen LogP contribution in [0.3, 0.4) is 0 Å². The van der Waals surface area contributed by atoms with Gasteiger partial charge in [0.15, 0.2) is 5.69 Å². The number of nitrogens with one attached hydrogen (secondary N) is 2. The van der Waals surface area contributed by atoms with Crippen LogP contribution >= 0.6 is 0 Å². The molecule has 7 nitrogen and oxygen atoms in total. The number of carbonyl (C=O) groups is 2. The van der Waals surface area contributed by atoms with Crippen molar-refractivity contribution in [1.29, 1.82) is 0 Å².